The predicted molar refractivity (Wildman–Crippen MR) is 82.1 cm³/mol. The van der Waals surface area contributed by atoms with Gasteiger partial charge in [0.2, 0.25) is 0 Å². The van der Waals surface area contributed by atoms with Crippen molar-refractivity contribution >= 4 is 0 Å². The Bertz CT molecular complexity index is 474. The van der Waals surface area contributed by atoms with Crippen LogP contribution in [-0.2, 0) is 4.74 Å². The first-order valence-electron chi connectivity index (χ1n) is 7.54. The second-order valence-electron chi connectivity index (χ2n) is 5.92. The highest BCUT2D eigenvalue weighted by Gasteiger charge is 2.50. The number of rotatable bonds is 7. The van der Waals surface area contributed by atoms with Gasteiger partial charge in [-0.2, -0.15) is 0 Å². The van der Waals surface area contributed by atoms with Crippen LogP contribution < -0.4 is 9.47 Å². The number of aliphatic hydroxyl groups is 1. The first-order valence-corrected chi connectivity index (χ1v) is 7.54. The summed E-state index contributed by atoms with van der Waals surface area (Å²) in [6.45, 7) is 5.34. The number of aliphatic hydroxyl groups excluding tert-OH is 1. The third kappa shape index (κ3) is 3.01. The lowest BCUT2D eigenvalue weighted by atomic mass is 9.55. The van der Waals surface area contributed by atoms with Crippen LogP contribution in [0.2, 0.25) is 0 Å². The highest BCUT2D eigenvalue weighted by molar-refractivity contribution is 5.45. The van der Waals surface area contributed by atoms with Gasteiger partial charge in [0.05, 0.1) is 19.8 Å². The summed E-state index contributed by atoms with van der Waals surface area (Å²) >= 11 is 0. The molecule has 1 aliphatic carbocycles. The summed E-state index contributed by atoms with van der Waals surface area (Å²) < 4.78 is 16.1. The Hall–Kier alpha value is -1.26. The average Bonchev–Trinajstić information content (AvgIpc) is 2.52. The molecule has 118 valence electrons. The lowest BCUT2D eigenvalue weighted by Gasteiger charge is -2.51. The zero-order valence-corrected chi connectivity index (χ0v) is 13.4. The molecule has 0 bridgehead atoms. The van der Waals surface area contributed by atoms with Crippen molar-refractivity contribution < 1.29 is 19.3 Å². The maximum atomic E-state index is 10.1. The molecular formula is C17H26O4. The van der Waals surface area contributed by atoms with Gasteiger partial charge in [-0.05, 0) is 36.5 Å². The summed E-state index contributed by atoms with van der Waals surface area (Å²) in [4.78, 5) is 0. The number of hydrogen-bond donors (Lipinski definition) is 1. The molecule has 3 atom stereocenters. The highest BCUT2D eigenvalue weighted by atomic mass is 16.5. The molecule has 2 rings (SSSR count). The molecule has 1 saturated carbocycles. The Morgan fingerprint density at radius 3 is 2.57 bits per heavy atom. The summed E-state index contributed by atoms with van der Waals surface area (Å²) in [6, 6.07) is 6.06. The quantitative estimate of drug-likeness (QED) is 0.785. The van der Waals surface area contributed by atoms with Crippen molar-refractivity contribution in [3.8, 4) is 11.5 Å². The molecule has 0 radical (unpaired) electrons. The van der Waals surface area contributed by atoms with Gasteiger partial charge >= 0.3 is 0 Å². The zero-order chi connectivity index (χ0) is 15.5. The van der Waals surface area contributed by atoms with E-state index in [-0.39, 0.29) is 11.5 Å². The van der Waals surface area contributed by atoms with Crippen LogP contribution in [0.5, 0.6) is 11.5 Å². The van der Waals surface area contributed by atoms with Gasteiger partial charge in [-0.15, -0.1) is 0 Å². The topological polar surface area (TPSA) is 47.9 Å². The van der Waals surface area contributed by atoms with Crippen LogP contribution in [0.25, 0.3) is 0 Å². The van der Waals surface area contributed by atoms with E-state index in [4.69, 9.17) is 14.2 Å². The fraction of sp³-hybridized carbons (Fsp3) is 0.647. The summed E-state index contributed by atoms with van der Waals surface area (Å²) in [5.74, 6) is 1.85. The maximum Gasteiger partial charge on any atom is 0.161 e. The molecule has 0 heterocycles. The molecule has 1 aromatic rings. The zero-order valence-electron chi connectivity index (χ0n) is 13.4. The summed E-state index contributed by atoms with van der Waals surface area (Å²) in [6.07, 6.45) is 1.57. The van der Waals surface area contributed by atoms with E-state index in [1.54, 1.807) is 14.2 Å². The molecule has 1 aromatic carbocycles. The molecule has 21 heavy (non-hydrogen) atoms. The van der Waals surface area contributed by atoms with Crippen LogP contribution in [0.15, 0.2) is 18.2 Å². The van der Waals surface area contributed by atoms with Gasteiger partial charge < -0.3 is 19.3 Å². The molecule has 0 aliphatic heterocycles. The number of methoxy groups -OCH3 is 2. The predicted octanol–water partition coefficient (Wildman–Crippen LogP) is 2.98. The standard InChI is InChI=1S/C17H26O4/c1-5-17(2)13(11-16(17)18)12-6-7-14(15(10-12)20-4)21-9-8-19-3/h6-7,10,13,16,18H,5,8-9,11H2,1-4H3. The molecule has 1 fully saturated rings. The first-order chi connectivity index (χ1) is 10.1. The van der Waals surface area contributed by atoms with E-state index < -0.39 is 0 Å². The molecule has 0 amide bonds. The van der Waals surface area contributed by atoms with Crippen molar-refractivity contribution in [2.75, 3.05) is 27.4 Å². The Balaban J connectivity index is 2.16. The summed E-state index contributed by atoms with van der Waals surface area (Å²) in [5, 5.41) is 10.1. The van der Waals surface area contributed by atoms with Crippen LogP contribution in [0.1, 0.15) is 38.2 Å². The van der Waals surface area contributed by atoms with Gasteiger partial charge in [-0.3, -0.25) is 0 Å². The molecule has 0 aromatic heterocycles. The van der Waals surface area contributed by atoms with Crippen LogP contribution in [-0.4, -0.2) is 38.6 Å². The van der Waals surface area contributed by atoms with Gasteiger partial charge in [0.1, 0.15) is 6.61 Å². The minimum Gasteiger partial charge on any atom is -0.493 e. The van der Waals surface area contributed by atoms with Gasteiger partial charge in [0.15, 0.2) is 11.5 Å². The van der Waals surface area contributed by atoms with E-state index in [9.17, 15) is 5.11 Å². The van der Waals surface area contributed by atoms with E-state index in [1.165, 1.54) is 5.56 Å². The smallest absolute Gasteiger partial charge is 0.161 e. The van der Waals surface area contributed by atoms with Gasteiger partial charge in [-0.25, -0.2) is 0 Å². The van der Waals surface area contributed by atoms with Gasteiger partial charge in [-0.1, -0.05) is 19.9 Å². The SMILES string of the molecule is CCC1(C)C(O)CC1c1ccc(OCCOC)c(OC)c1. The van der Waals surface area contributed by atoms with E-state index in [1.807, 2.05) is 12.1 Å². The fourth-order valence-corrected chi connectivity index (χ4v) is 3.09. The highest BCUT2D eigenvalue weighted by Crippen LogP contribution is 2.55. The third-order valence-electron chi connectivity index (χ3n) is 4.91. The molecule has 0 saturated heterocycles. The molecule has 4 nitrogen and oxygen atoms in total. The minimum absolute atomic E-state index is 0.0383. The van der Waals surface area contributed by atoms with Crippen LogP contribution in [0, 0.1) is 5.41 Å². The molecule has 3 unspecified atom stereocenters. The van der Waals surface area contributed by atoms with Crippen molar-refractivity contribution in [2.24, 2.45) is 5.41 Å². The minimum atomic E-state index is -0.212. The van der Waals surface area contributed by atoms with Crippen LogP contribution >= 0.6 is 0 Å². The summed E-state index contributed by atoms with van der Waals surface area (Å²) in [7, 11) is 3.30. The molecule has 1 aliphatic rings. The van der Waals surface area contributed by atoms with E-state index in [2.05, 4.69) is 19.9 Å². The van der Waals surface area contributed by atoms with E-state index in [0.29, 0.717) is 19.1 Å². The fourth-order valence-electron chi connectivity index (χ4n) is 3.09. The van der Waals surface area contributed by atoms with Crippen molar-refractivity contribution in [1.82, 2.24) is 0 Å². The van der Waals surface area contributed by atoms with Crippen LogP contribution in [0.4, 0.5) is 0 Å². The number of ether oxygens (including phenoxy) is 3. The number of benzene rings is 1. The third-order valence-corrected chi connectivity index (χ3v) is 4.91. The first kappa shape index (κ1) is 16.1. The largest absolute Gasteiger partial charge is 0.493 e. The van der Waals surface area contributed by atoms with Crippen molar-refractivity contribution in [2.45, 2.75) is 38.7 Å². The molecule has 4 heteroatoms. The van der Waals surface area contributed by atoms with Gasteiger partial charge in [0, 0.05) is 12.5 Å². The molecular weight excluding hydrogens is 268 g/mol. The Morgan fingerprint density at radius 1 is 1.24 bits per heavy atom. The second kappa shape index (κ2) is 6.67. The van der Waals surface area contributed by atoms with E-state index >= 15 is 0 Å². The Labute approximate surface area is 127 Å². The normalized spacial score (nSPS) is 28.0. The Morgan fingerprint density at radius 2 is 2.00 bits per heavy atom. The van der Waals surface area contributed by atoms with Crippen molar-refractivity contribution in [1.29, 1.82) is 0 Å². The van der Waals surface area contributed by atoms with Gasteiger partial charge in [0.25, 0.3) is 0 Å². The second-order valence-corrected chi connectivity index (χ2v) is 5.92. The van der Waals surface area contributed by atoms with Crippen molar-refractivity contribution in [3.05, 3.63) is 23.8 Å². The molecule has 0 spiro atoms. The lowest BCUT2D eigenvalue weighted by molar-refractivity contribution is -0.0778. The Kier molecular flexibility index (Phi) is 5.12. The van der Waals surface area contributed by atoms with Crippen molar-refractivity contribution in [3.63, 3.8) is 0 Å². The van der Waals surface area contributed by atoms with Crippen LogP contribution in [0.3, 0.4) is 0 Å². The number of hydrogen-bond acceptors (Lipinski definition) is 4. The summed E-state index contributed by atoms with van der Waals surface area (Å²) in [5.41, 5.74) is 1.17. The lowest BCUT2D eigenvalue weighted by Crippen LogP contribution is -2.49. The maximum absolute atomic E-state index is 10.1. The molecule has 1 N–H and O–H groups in total. The average molecular weight is 294 g/mol. The monoisotopic (exact) mass is 294 g/mol. The van der Waals surface area contributed by atoms with E-state index in [0.717, 1.165) is 24.3 Å².